The molecule has 0 aliphatic carbocycles. The zero-order chi connectivity index (χ0) is 17.0. The molecule has 2 rings (SSSR count). The van der Waals surface area contributed by atoms with Crippen molar-refractivity contribution < 1.29 is 18.8 Å². The van der Waals surface area contributed by atoms with Crippen LogP contribution in [0.3, 0.4) is 0 Å². The fraction of sp³-hybridized carbons (Fsp3) is 0.562. The number of carbonyl (C=O) groups excluding carboxylic acids is 1. The Kier molecular flexibility index (Phi) is 5.64. The minimum absolute atomic E-state index is 0.0299. The van der Waals surface area contributed by atoms with E-state index >= 15 is 0 Å². The maximum atomic E-state index is 12.5. The number of benzene rings is 1. The average molecular weight is 340 g/mol. The van der Waals surface area contributed by atoms with Gasteiger partial charge in [0.05, 0.1) is 4.90 Å². The van der Waals surface area contributed by atoms with Gasteiger partial charge in [-0.3, -0.25) is 0 Å². The Morgan fingerprint density at radius 3 is 2.57 bits per heavy atom. The highest BCUT2D eigenvalue weighted by atomic mass is 32.2. The first kappa shape index (κ1) is 17.7. The van der Waals surface area contributed by atoms with Crippen LogP contribution in [0.25, 0.3) is 0 Å². The summed E-state index contributed by atoms with van der Waals surface area (Å²) in [5, 5.41) is 12.3. The molecule has 2 N–H and O–H groups in total. The van der Waals surface area contributed by atoms with Crippen LogP contribution in [0, 0.1) is 0 Å². The van der Waals surface area contributed by atoms with Gasteiger partial charge in [-0.15, -0.1) is 0 Å². The topological polar surface area (TPSA) is 78.9 Å². The second kappa shape index (κ2) is 7.31. The van der Waals surface area contributed by atoms with Crippen LogP contribution < -0.4 is 5.32 Å². The van der Waals surface area contributed by atoms with Gasteiger partial charge in [0.25, 0.3) is 0 Å². The van der Waals surface area contributed by atoms with Gasteiger partial charge in [0, 0.05) is 19.1 Å². The Hall–Kier alpha value is -1.60. The van der Waals surface area contributed by atoms with E-state index in [0.29, 0.717) is 30.8 Å². The molecule has 0 aromatic heterocycles. The van der Waals surface area contributed by atoms with Crippen molar-refractivity contribution in [3.63, 3.8) is 0 Å². The van der Waals surface area contributed by atoms with Gasteiger partial charge in [0.1, 0.15) is 22.3 Å². The Labute approximate surface area is 139 Å². The van der Waals surface area contributed by atoms with Crippen molar-refractivity contribution >= 4 is 17.1 Å². The summed E-state index contributed by atoms with van der Waals surface area (Å²) in [7, 11) is -1.29. The molecule has 1 aliphatic rings. The maximum Gasteiger partial charge on any atom is 0.407 e. The number of piperidine rings is 1. The molecule has 0 spiro atoms. The lowest BCUT2D eigenvalue weighted by molar-refractivity contribution is 0.0490. The van der Waals surface area contributed by atoms with Gasteiger partial charge in [-0.2, -0.15) is 0 Å². The molecule has 1 aromatic carbocycles. The van der Waals surface area contributed by atoms with Crippen LogP contribution in [-0.4, -0.2) is 44.4 Å². The third-order valence-electron chi connectivity index (χ3n) is 3.43. The van der Waals surface area contributed by atoms with E-state index in [1.807, 2.05) is 25.1 Å². The monoisotopic (exact) mass is 340 g/mol. The zero-order valence-electron chi connectivity index (χ0n) is 13.7. The fourth-order valence-corrected chi connectivity index (χ4v) is 3.64. The van der Waals surface area contributed by atoms with Gasteiger partial charge in [0.2, 0.25) is 0 Å². The Balaban J connectivity index is 1.84. The second-order valence-corrected chi connectivity index (χ2v) is 8.08. The first-order valence-electron chi connectivity index (χ1n) is 7.70. The number of aromatic hydroxyl groups is 1. The molecule has 1 atom stereocenters. The number of alkyl carbamates (subject to hydrolysis) is 1. The van der Waals surface area contributed by atoms with Crippen molar-refractivity contribution in [1.82, 2.24) is 9.62 Å². The van der Waals surface area contributed by atoms with Crippen LogP contribution in [-0.2, 0) is 15.7 Å². The molecular formula is C16H24N2O4S. The van der Waals surface area contributed by atoms with Crippen molar-refractivity contribution in [3.8, 4) is 5.75 Å². The van der Waals surface area contributed by atoms with Gasteiger partial charge in [-0.25, -0.2) is 13.3 Å². The molecule has 1 amide bonds. The van der Waals surface area contributed by atoms with Crippen LogP contribution in [0.2, 0.25) is 0 Å². The highest BCUT2D eigenvalue weighted by Crippen LogP contribution is 2.20. The lowest BCUT2D eigenvalue weighted by Gasteiger charge is -2.31. The quantitative estimate of drug-likeness (QED) is 0.885. The number of phenols is 1. The standard InChI is InChI=1S/C16H24N2O4S/c1-16(2,3)22-15(20)17-12-7-9-18(10-8-12)23(21)14-6-4-5-13(19)11-14/h4-6,11-12,19H,7-10H2,1-3H3,(H,17,20). The number of rotatable bonds is 3. The summed E-state index contributed by atoms with van der Waals surface area (Å²) in [6.07, 6.45) is 1.01. The van der Waals surface area contributed by atoms with Gasteiger partial charge in [0.15, 0.2) is 0 Å². The molecular weight excluding hydrogens is 316 g/mol. The number of hydrogen-bond acceptors (Lipinski definition) is 4. The van der Waals surface area contributed by atoms with Gasteiger partial charge >= 0.3 is 6.09 Å². The minimum atomic E-state index is -1.29. The SMILES string of the molecule is CC(C)(C)OC(=O)NC1CCN(S(=O)c2cccc(O)c2)CC1. The Morgan fingerprint density at radius 2 is 2.00 bits per heavy atom. The van der Waals surface area contributed by atoms with E-state index < -0.39 is 22.7 Å². The average Bonchev–Trinajstić information content (AvgIpc) is 2.45. The van der Waals surface area contributed by atoms with Gasteiger partial charge in [-0.05, 0) is 51.8 Å². The highest BCUT2D eigenvalue weighted by Gasteiger charge is 2.26. The molecule has 6 nitrogen and oxygen atoms in total. The number of hydrogen-bond donors (Lipinski definition) is 2. The molecule has 0 radical (unpaired) electrons. The maximum absolute atomic E-state index is 12.5. The predicted molar refractivity (Wildman–Crippen MR) is 88.5 cm³/mol. The van der Waals surface area contributed by atoms with Crippen molar-refractivity contribution in [3.05, 3.63) is 24.3 Å². The molecule has 1 aliphatic heterocycles. The molecule has 1 fully saturated rings. The van der Waals surface area contributed by atoms with Crippen LogP contribution >= 0.6 is 0 Å². The molecule has 1 saturated heterocycles. The summed E-state index contributed by atoms with van der Waals surface area (Å²) in [6.45, 7) is 6.71. The van der Waals surface area contributed by atoms with Crippen molar-refractivity contribution in [2.45, 2.75) is 50.2 Å². The van der Waals surface area contributed by atoms with E-state index in [2.05, 4.69) is 5.32 Å². The van der Waals surface area contributed by atoms with Crippen molar-refractivity contribution in [2.24, 2.45) is 0 Å². The summed E-state index contributed by atoms with van der Waals surface area (Å²) < 4.78 is 19.6. The molecule has 7 heteroatoms. The number of phenolic OH excluding ortho intramolecular Hbond substituents is 1. The molecule has 1 aromatic rings. The molecule has 23 heavy (non-hydrogen) atoms. The summed E-state index contributed by atoms with van der Waals surface area (Å²) in [4.78, 5) is 12.4. The lowest BCUT2D eigenvalue weighted by atomic mass is 10.1. The van der Waals surface area contributed by atoms with E-state index in [0.717, 1.165) is 0 Å². The number of nitrogens with one attached hydrogen (secondary N) is 1. The first-order chi connectivity index (χ1) is 10.7. The van der Waals surface area contributed by atoms with Gasteiger partial charge < -0.3 is 15.2 Å². The van der Waals surface area contributed by atoms with Crippen molar-refractivity contribution in [1.29, 1.82) is 0 Å². The molecule has 1 heterocycles. The summed E-state index contributed by atoms with van der Waals surface area (Å²) in [5.41, 5.74) is -0.512. The molecule has 128 valence electrons. The Bertz CT molecular complexity index is 578. The number of amides is 1. The van der Waals surface area contributed by atoms with Crippen LogP contribution in [0.4, 0.5) is 4.79 Å². The molecule has 1 unspecified atom stereocenters. The summed E-state index contributed by atoms with van der Waals surface area (Å²) >= 11 is 0. The minimum Gasteiger partial charge on any atom is -0.508 e. The third kappa shape index (κ3) is 5.51. The van der Waals surface area contributed by atoms with E-state index in [1.54, 1.807) is 18.2 Å². The predicted octanol–water partition coefficient (Wildman–Crippen LogP) is 2.40. The largest absolute Gasteiger partial charge is 0.508 e. The molecule has 0 bridgehead atoms. The fourth-order valence-electron chi connectivity index (χ4n) is 2.38. The van der Waals surface area contributed by atoms with Crippen LogP contribution in [0.5, 0.6) is 5.75 Å². The normalized spacial score (nSPS) is 18.4. The number of ether oxygens (including phenoxy) is 1. The highest BCUT2D eigenvalue weighted by molar-refractivity contribution is 7.82. The number of carbonyl (C=O) groups is 1. The Morgan fingerprint density at radius 1 is 1.35 bits per heavy atom. The summed E-state index contributed by atoms with van der Waals surface area (Å²) in [5.74, 6) is 0.109. The lowest BCUT2D eigenvalue weighted by Crippen LogP contribution is -2.46. The number of nitrogens with zero attached hydrogens (tertiary/aromatic N) is 1. The first-order valence-corrected chi connectivity index (χ1v) is 8.81. The van der Waals surface area contributed by atoms with Crippen molar-refractivity contribution in [2.75, 3.05) is 13.1 Å². The van der Waals surface area contributed by atoms with E-state index in [9.17, 15) is 14.1 Å². The smallest absolute Gasteiger partial charge is 0.407 e. The van der Waals surface area contributed by atoms with E-state index in [-0.39, 0.29) is 11.8 Å². The molecule has 0 saturated carbocycles. The van der Waals surface area contributed by atoms with Gasteiger partial charge in [-0.1, -0.05) is 6.07 Å². The second-order valence-electron chi connectivity index (χ2n) is 6.60. The van der Waals surface area contributed by atoms with Crippen LogP contribution in [0.1, 0.15) is 33.6 Å². The van der Waals surface area contributed by atoms with E-state index in [1.165, 1.54) is 6.07 Å². The summed E-state index contributed by atoms with van der Waals surface area (Å²) in [6, 6.07) is 6.52. The third-order valence-corrected chi connectivity index (χ3v) is 4.92. The zero-order valence-corrected chi connectivity index (χ0v) is 14.6. The van der Waals surface area contributed by atoms with Crippen LogP contribution in [0.15, 0.2) is 29.2 Å². The van der Waals surface area contributed by atoms with E-state index in [4.69, 9.17) is 4.74 Å².